The summed E-state index contributed by atoms with van der Waals surface area (Å²) in [5, 5.41) is 11.1. The number of rotatable bonds is 5. The van der Waals surface area contributed by atoms with Gasteiger partial charge in [-0.2, -0.15) is 0 Å². The number of hydrogen-bond acceptors (Lipinski definition) is 6. The van der Waals surface area contributed by atoms with Gasteiger partial charge in [0.15, 0.2) is 6.10 Å². The lowest BCUT2D eigenvalue weighted by Crippen LogP contribution is -2.50. The van der Waals surface area contributed by atoms with Gasteiger partial charge in [0.05, 0.1) is 10.6 Å². The third-order valence-electron chi connectivity index (χ3n) is 5.36. The summed E-state index contributed by atoms with van der Waals surface area (Å²) in [6, 6.07) is 4.06. The monoisotopic (exact) mass is 390 g/mol. The summed E-state index contributed by atoms with van der Waals surface area (Å²) in [7, 11) is 0. The molecule has 3 rings (SSSR count). The first-order valence-electron chi connectivity index (χ1n) is 9.72. The Balaban J connectivity index is 1.81. The van der Waals surface area contributed by atoms with Crippen molar-refractivity contribution in [1.82, 2.24) is 0 Å². The molecule has 0 spiro atoms. The number of nitro benzene ring substituents is 1. The van der Waals surface area contributed by atoms with Crippen LogP contribution in [0.5, 0.6) is 5.75 Å². The molecule has 0 saturated heterocycles. The van der Waals surface area contributed by atoms with Crippen molar-refractivity contribution in [2.24, 2.45) is 11.8 Å². The Bertz CT molecular complexity index is 770. The highest BCUT2D eigenvalue weighted by molar-refractivity contribution is 6.03. The lowest BCUT2D eigenvalue weighted by Gasteiger charge is -2.35. The van der Waals surface area contributed by atoms with Crippen LogP contribution in [0.1, 0.15) is 46.5 Å². The SMILES string of the molecule is CC1CCC(OC(=O)CN2C(=O)C(C(C)C)Oc3ccc([N+](=O)[O-])cc32)CC1. The summed E-state index contributed by atoms with van der Waals surface area (Å²) in [5.41, 5.74) is 0.0584. The fourth-order valence-corrected chi connectivity index (χ4v) is 3.67. The van der Waals surface area contributed by atoms with Gasteiger partial charge in [0.25, 0.3) is 11.6 Å². The van der Waals surface area contributed by atoms with Crippen molar-refractivity contribution in [3.8, 4) is 5.75 Å². The van der Waals surface area contributed by atoms with Gasteiger partial charge in [0.1, 0.15) is 18.4 Å². The Labute approximate surface area is 163 Å². The van der Waals surface area contributed by atoms with Crippen molar-refractivity contribution in [2.45, 2.75) is 58.7 Å². The summed E-state index contributed by atoms with van der Waals surface area (Å²) in [5.74, 6) is -0.0284. The van der Waals surface area contributed by atoms with Crippen LogP contribution >= 0.6 is 0 Å². The molecule has 0 radical (unpaired) electrons. The zero-order valence-corrected chi connectivity index (χ0v) is 16.4. The third kappa shape index (κ3) is 4.26. The summed E-state index contributed by atoms with van der Waals surface area (Å²) < 4.78 is 11.3. The Morgan fingerprint density at radius 1 is 1.32 bits per heavy atom. The van der Waals surface area contributed by atoms with Crippen LogP contribution in [-0.2, 0) is 14.3 Å². The third-order valence-corrected chi connectivity index (χ3v) is 5.36. The Hall–Kier alpha value is -2.64. The lowest BCUT2D eigenvalue weighted by atomic mass is 9.89. The van der Waals surface area contributed by atoms with E-state index in [0.29, 0.717) is 11.7 Å². The predicted molar refractivity (Wildman–Crippen MR) is 102 cm³/mol. The maximum Gasteiger partial charge on any atom is 0.326 e. The molecule has 28 heavy (non-hydrogen) atoms. The van der Waals surface area contributed by atoms with Gasteiger partial charge >= 0.3 is 5.97 Å². The van der Waals surface area contributed by atoms with Crippen LogP contribution in [0.2, 0.25) is 0 Å². The number of carbonyl (C=O) groups excluding carboxylic acids is 2. The number of esters is 1. The van der Waals surface area contributed by atoms with Gasteiger partial charge in [0, 0.05) is 12.1 Å². The molecular weight excluding hydrogens is 364 g/mol. The van der Waals surface area contributed by atoms with E-state index < -0.39 is 22.9 Å². The number of non-ortho nitro benzene ring substituents is 1. The molecule has 1 saturated carbocycles. The van der Waals surface area contributed by atoms with Gasteiger partial charge < -0.3 is 9.47 Å². The molecule has 1 aliphatic heterocycles. The summed E-state index contributed by atoms with van der Waals surface area (Å²) in [6.45, 7) is 5.59. The highest BCUT2D eigenvalue weighted by atomic mass is 16.6. The molecule has 0 aromatic heterocycles. The minimum Gasteiger partial charge on any atom is -0.478 e. The van der Waals surface area contributed by atoms with Crippen molar-refractivity contribution >= 4 is 23.3 Å². The molecule has 0 bridgehead atoms. The van der Waals surface area contributed by atoms with E-state index in [0.717, 1.165) is 25.7 Å². The first-order valence-corrected chi connectivity index (χ1v) is 9.72. The van der Waals surface area contributed by atoms with Crippen LogP contribution in [-0.4, -0.2) is 35.6 Å². The fourth-order valence-electron chi connectivity index (χ4n) is 3.67. The van der Waals surface area contributed by atoms with Gasteiger partial charge in [-0.3, -0.25) is 24.6 Å². The van der Waals surface area contributed by atoms with E-state index in [2.05, 4.69) is 6.92 Å². The van der Waals surface area contributed by atoms with Crippen molar-refractivity contribution < 1.29 is 24.0 Å². The van der Waals surface area contributed by atoms with Crippen LogP contribution in [0.15, 0.2) is 18.2 Å². The number of hydrogen-bond donors (Lipinski definition) is 0. The van der Waals surface area contributed by atoms with Crippen LogP contribution in [0.3, 0.4) is 0 Å². The van der Waals surface area contributed by atoms with Crippen molar-refractivity contribution in [3.05, 3.63) is 28.3 Å². The minimum absolute atomic E-state index is 0.116. The molecule has 8 nitrogen and oxygen atoms in total. The number of anilines is 1. The number of ether oxygens (including phenoxy) is 2. The zero-order chi connectivity index (χ0) is 20.4. The molecular formula is C20H26N2O6. The van der Waals surface area contributed by atoms with Gasteiger partial charge in [-0.1, -0.05) is 20.8 Å². The second kappa shape index (κ2) is 8.16. The van der Waals surface area contributed by atoms with E-state index in [1.165, 1.54) is 23.1 Å². The summed E-state index contributed by atoms with van der Waals surface area (Å²) in [6.07, 6.45) is 2.78. The number of amides is 1. The number of fused-ring (bicyclic) bond motifs is 1. The van der Waals surface area contributed by atoms with E-state index in [-0.39, 0.29) is 29.9 Å². The second-order valence-electron chi connectivity index (χ2n) is 7.99. The molecule has 1 amide bonds. The maximum atomic E-state index is 12.9. The number of carbonyl (C=O) groups is 2. The molecule has 152 valence electrons. The molecule has 1 aromatic carbocycles. The quantitative estimate of drug-likeness (QED) is 0.434. The Morgan fingerprint density at radius 3 is 2.61 bits per heavy atom. The number of benzene rings is 1. The Morgan fingerprint density at radius 2 is 2.00 bits per heavy atom. The molecule has 1 fully saturated rings. The predicted octanol–water partition coefficient (Wildman–Crippen LogP) is 3.47. The molecule has 1 aliphatic carbocycles. The zero-order valence-electron chi connectivity index (χ0n) is 16.4. The maximum absolute atomic E-state index is 12.9. The second-order valence-corrected chi connectivity index (χ2v) is 7.99. The average molecular weight is 390 g/mol. The van der Waals surface area contributed by atoms with E-state index >= 15 is 0 Å². The van der Waals surface area contributed by atoms with E-state index in [4.69, 9.17) is 9.47 Å². The largest absolute Gasteiger partial charge is 0.478 e. The lowest BCUT2D eigenvalue weighted by molar-refractivity contribution is -0.384. The van der Waals surface area contributed by atoms with E-state index in [1.54, 1.807) is 0 Å². The normalized spacial score (nSPS) is 24.5. The van der Waals surface area contributed by atoms with Crippen molar-refractivity contribution in [2.75, 3.05) is 11.4 Å². The number of nitro groups is 1. The molecule has 1 atom stereocenters. The van der Waals surface area contributed by atoms with E-state index in [1.807, 2.05) is 13.8 Å². The summed E-state index contributed by atoms with van der Waals surface area (Å²) >= 11 is 0. The minimum atomic E-state index is -0.753. The first kappa shape index (κ1) is 20.1. The van der Waals surface area contributed by atoms with Crippen LogP contribution in [0, 0.1) is 22.0 Å². The highest BCUT2D eigenvalue weighted by Crippen LogP contribution is 2.38. The van der Waals surface area contributed by atoms with Gasteiger partial charge in [-0.25, -0.2) is 0 Å². The van der Waals surface area contributed by atoms with Gasteiger partial charge in [-0.05, 0) is 43.6 Å². The van der Waals surface area contributed by atoms with Gasteiger partial charge in [-0.15, -0.1) is 0 Å². The first-order chi connectivity index (χ1) is 13.3. The molecule has 1 heterocycles. The van der Waals surface area contributed by atoms with Crippen LogP contribution in [0.4, 0.5) is 11.4 Å². The highest BCUT2D eigenvalue weighted by Gasteiger charge is 2.38. The standard InChI is InChI=1S/C20H26N2O6/c1-12(2)19-20(24)21(11-18(23)27-15-7-4-13(3)5-8-15)16-10-14(22(25)26)6-9-17(16)28-19/h6,9-10,12-13,15,19H,4-5,7-8,11H2,1-3H3. The fraction of sp³-hybridized carbons (Fsp3) is 0.600. The summed E-state index contributed by atoms with van der Waals surface area (Å²) in [4.78, 5) is 37.3. The van der Waals surface area contributed by atoms with E-state index in [9.17, 15) is 19.7 Å². The molecule has 2 aliphatic rings. The molecule has 0 N–H and O–H groups in total. The molecule has 1 unspecified atom stereocenters. The topological polar surface area (TPSA) is 99.0 Å². The molecule has 8 heteroatoms. The Kier molecular flexibility index (Phi) is 5.86. The van der Waals surface area contributed by atoms with Crippen LogP contribution in [0.25, 0.3) is 0 Å². The smallest absolute Gasteiger partial charge is 0.326 e. The van der Waals surface area contributed by atoms with Crippen LogP contribution < -0.4 is 9.64 Å². The van der Waals surface area contributed by atoms with Crippen molar-refractivity contribution in [3.63, 3.8) is 0 Å². The average Bonchev–Trinajstić information content (AvgIpc) is 2.65. The van der Waals surface area contributed by atoms with Crippen molar-refractivity contribution in [1.29, 1.82) is 0 Å². The molecule has 1 aromatic rings. The van der Waals surface area contributed by atoms with Gasteiger partial charge in [0.2, 0.25) is 0 Å². The number of nitrogens with zero attached hydrogens (tertiary/aromatic N) is 2.